The Balaban J connectivity index is 1.90. The molecule has 0 unspecified atom stereocenters. The molecule has 2 aromatic rings. The summed E-state index contributed by atoms with van der Waals surface area (Å²) in [5.41, 5.74) is 6.86. The van der Waals surface area contributed by atoms with Crippen molar-refractivity contribution in [1.82, 2.24) is 4.98 Å². The SMILES string of the molecule is NC1CCN(c2ccc3ccc[c]c3n2)CC1. The van der Waals surface area contributed by atoms with E-state index in [1.807, 2.05) is 12.1 Å². The van der Waals surface area contributed by atoms with E-state index in [0.29, 0.717) is 6.04 Å². The Labute approximate surface area is 101 Å². The van der Waals surface area contributed by atoms with Gasteiger partial charge in [0.05, 0.1) is 5.52 Å². The second kappa shape index (κ2) is 4.34. The zero-order valence-electron chi connectivity index (χ0n) is 9.76. The largest absolute Gasteiger partial charge is 0.356 e. The highest BCUT2D eigenvalue weighted by Gasteiger charge is 2.17. The Morgan fingerprint density at radius 1 is 1.24 bits per heavy atom. The molecule has 3 heteroatoms. The lowest BCUT2D eigenvalue weighted by atomic mass is 10.1. The maximum atomic E-state index is 5.91. The van der Waals surface area contributed by atoms with Gasteiger partial charge in [0.1, 0.15) is 5.82 Å². The monoisotopic (exact) mass is 226 g/mol. The number of para-hydroxylation sites is 1. The summed E-state index contributed by atoms with van der Waals surface area (Å²) in [5, 5.41) is 1.14. The molecule has 87 valence electrons. The standard InChI is InChI=1S/C14H16N3/c15-12-7-9-17(10-8-12)14-6-5-11-3-1-2-4-13(11)16-14/h1-3,5-6,12H,7-10,15H2. The number of hydrogen-bond donors (Lipinski definition) is 1. The molecular formula is C14H16N3. The minimum Gasteiger partial charge on any atom is -0.356 e. The molecule has 1 fully saturated rings. The van der Waals surface area contributed by atoms with E-state index in [1.54, 1.807) is 0 Å². The molecule has 1 aromatic heterocycles. The van der Waals surface area contributed by atoms with Crippen LogP contribution in [0, 0.1) is 6.07 Å². The molecule has 1 saturated heterocycles. The predicted molar refractivity (Wildman–Crippen MR) is 70.0 cm³/mol. The highest BCUT2D eigenvalue weighted by atomic mass is 15.2. The number of anilines is 1. The number of benzene rings is 1. The van der Waals surface area contributed by atoms with Crippen LogP contribution in [0.1, 0.15) is 12.8 Å². The smallest absolute Gasteiger partial charge is 0.129 e. The molecule has 0 aliphatic carbocycles. The van der Waals surface area contributed by atoms with Gasteiger partial charge in [0.15, 0.2) is 0 Å². The number of fused-ring (bicyclic) bond motifs is 1. The van der Waals surface area contributed by atoms with E-state index in [2.05, 4.69) is 34.1 Å². The van der Waals surface area contributed by atoms with Crippen molar-refractivity contribution < 1.29 is 0 Å². The number of pyridine rings is 1. The van der Waals surface area contributed by atoms with Crippen LogP contribution in [0.5, 0.6) is 0 Å². The minimum atomic E-state index is 0.360. The molecule has 2 heterocycles. The predicted octanol–water partition coefficient (Wildman–Crippen LogP) is 1.96. The number of piperidine rings is 1. The number of nitrogens with zero attached hydrogens (tertiary/aromatic N) is 2. The van der Waals surface area contributed by atoms with E-state index >= 15 is 0 Å². The minimum absolute atomic E-state index is 0.360. The Bertz CT molecular complexity index is 516. The van der Waals surface area contributed by atoms with Gasteiger partial charge in [-0.1, -0.05) is 18.2 Å². The third-order valence-corrected chi connectivity index (χ3v) is 3.37. The van der Waals surface area contributed by atoms with Crippen molar-refractivity contribution in [3.8, 4) is 0 Å². The summed E-state index contributed by atoms with van der Waals surface area (Å²) in [5.74, 6) is 1.05. The van der Waals surface area contributed by atoms with Crippen LogP contribution in [0.3, 0.4) is 0 Å². The van der Waals surface area contributed by atoms with Gasteiger partial charge in [-0.15, -0.1) is 0 Å². The normalized spacial score (nSPS) is 17.6. The zero-order chi connectivity index (χ0) is 11.7. The van der Waals surface area contributed by atoms with E-state index < -0.39 is 0 Å². The van der Waals surface area contributed by atoms with Crippen LogP contribution in [0.25, 0.3) is 10.9 Å². The third-order valence-electron chi connectivity index (χ3n) is 3.37. The number of aromatic nitrogens is 1. The zero-order valence-corrected chi connectivity index (χ0v) is 9.76. The van der Waals surface area contributed by atoms with Crippen LogP contribution >= 0.6 is 0 Å². The maximum Gasteiger partial charge on any atom is 0.129 e. The van der Waals surface area contributed by atoms with Crippen LogP contribution < -0.4 is 10.6 Å². The van der Waals surface area contributed by atoms with E-state index in [4.69, 9.17) is 5.73 Å². The van der Waals surface area contributed by atoms with Gasteiger partial charge >= 0.3 is 0 Å². The van der Waals surface area contributed by atoms with Crippen molar-refractivity contribution in [3.05, 3.63) is 36.4 Å². The van der Waals surface area contributed by atoms with Gasteiger partial charge in [-0.3, -0.25) is 0 Å². The molecule has 0 bridgehead atoms. The molecule has 0 saturated carbocycles. The lowest BCUT2D eigenvalue weighted by Gasteiger charge is -2.31. The van der Waals surface area contributed by atoms with Gasteiger partial charge in [-0.2, -0.15) is 0 Å². The van der Waals surface area contributed by atoms with Crippen molar-refractivity contribution in [2.45, 2.75) is 18.9 Å². The van der Waals surface area contributed by atoms with Crippen molar-refractivity contribution in [2.24, 2.45) is 5.73 Å². The highest BCUT2D eigenvalue weighted by Crippen LogP contribution is 2.20. The summed E-state index contributed by atoms with van der Waals surface area (Å²) >= 11 is 0. The van der Waals surface area contributed by atoms with Crippen molar-refractivity contribution in [1.29, 1.82) is 0 Å². The molecule has 0 spiro atoms. The summed E-state index contributed by atoms with van der Waals surface area (Å²) < 4.78 is 0. The van der Waals surface area contributed by atoms with Crippen LogP contribution in [0.15, 0.2) is 30.3 Å². The Kier molecular flexibility index (Phi) is 2.69. The molecule has 1 aliphatic heterocycles. The van der Waals surface area contributed by atoms with Crippen LogP contribution in [-0.4, -0.2) is 24.1 Å². The molecule has 1 radical (unpaired) electrons. The van der Waals surface area contributed by atoms with E-state index in [1.165, 1.54) is 0 Å². The number of nitrogens with two attached hydrogens (primary N) is 1. The number of rotatable bonds is 1. The third kappa shape index (κ3) is 2.11. The fourth-order valence-electron chi connectivity index (χ4n) is 2.29. The fraction of sp³-hybridized carbons (Fsp3) is 0.357. The molecule has 1 aromatic carbocycles. The van der Waals surface area contributed by atoms with Gasteiger partial charge < -0.3 is 10.6 Å². The van der Waals surface area contributed by atoms with Crippen LogP contribution in [-0.2, 0) is 0 Å². The molecule has 1 aliphatic rings. The fourth-order valence-corrected chi connectivity index (χ4v) is 2.29. The lowest BCUT2D eigenvalue weighted by Crippen LogP contribution is -2.40. The summed E-state index contributed by atoms with van der Waals surface area (Å²) in [6.07, 6.45) is 2.11. The van der Waals surface area contributed by atoms with Crippen molar-refractivity contribution in [3.63, 3.8) is 0 Å². The van der Waals surface area contributed by atoms with E-state index in [0.717, 1.165) is 42.7 Å². The first-order chi connectivity index (χ1) is 8.33. The topological polar surface area (TPSA) is 42.1 Å². The maximum absolute atomic E-state index is 5.91. The summed E-state index contributed by atoms with van der Waals surface area (Å²) in [4.78, 5) is 6.96. The van der Waals surface area contributed by atoms with E-state index in [-0.39, 0.29) is 0 Å². The van der Waals surface area contributed by atoms with Gasteiger partial charge in [0.2, 0.25) is 0 Å². The van der Waals surface area contributed by atoms with Gasteiger partial charge in [0, 0.05) is 30.6 Å². The van der Waals surface area contributed by atoms with Gasteiger partial charge in [0.25, 0.3) is 0 Å². The average Bonchev–Trinajstić information content (AvgIpc) is 2.39. The first-order valence-electron chi connectivity index (χ1n) is 6.11. The molecule has 2 N–H and O–H groups in total. The Hall–Kier alpha value is -1.61. The first kappa shape index (κ1) is 10.5. The summed E-state index contributed by atoms with van der Waals surface area (Å²) in [7, 11) is 0. The Morgan fingerprint density at radius 2 is 2.06 bits per heavy atom. The molecule has 3 rings (SSSR count). The van der Waals surface area contributed by atoms with E-state index in [9.17, 15) is 0 Å². The lowest BCUT2D eigenvalue weighted by molar-refractivity contribution is 0.499. The van der Waals surface area contributed by atoms with Crippen LogP contribution in [0.4, 0.5) is 5.82 Å². The van der Waals surface area contributed by atoms with Crippen molar-refractivity contribution in [2.75, 3.05) is 18.0 Å². The summed E-state index contributed by atoms with van der Waals surface area (Å²) in [6.45, 7) is 2.01. The molecule has 0 atom stereocenters. The highest BCUT2D eigenvalue weighted by molar-refractivity contribution is 5.79. The molecule has 0 amide bonds. The molecule has 17 heavy (non-hydrogen) atoms. The van der Waals surface area contributed by atoms with Crippen molar-refractivity contribution >= 4 is 16.7 Å². The first-order valence-corrected chi connectivity index (χ1v) is 6.11. The summed E-state index contributed by atoms with van der Waals surface area (Å²) in [6, 6.07) is 13.7. The molecule has 3 nitrogen and oxygen atoms in total. The van der Waals surface area contributed by atoms with Gasteiger partial charge in [-0.05, 0) is 25.0 Å². The van der Waals surface area contributed by atoms with Crippen LogP contribution in [0.2, 0.25) is 0 Å². The second-order valence-electron chi connectivity index (χ2n) is 4.60. The quantitative estimate of drug-likeness (QED) is 0.808. The molecular weight excluding hydrogens is 210 g/mol. The van der Waals surface area contributed by atoms with Gasteiger partial charge in [-0.25, -0.2) is 4.98 Å². The second-order valence-corrected chi connectivity index (χ2v) is 4.60. The average molecular weight is 226 g/mol. The Morgan fingerprint density at radius 3 is 2.88 bits per heavy atom. The number of hydrogen-bond acceptors (Lipinski definition) is 3.